The van der Waals surface area contributed by atoms with E-state index < -0.39 is 17.9 Å². The predicted molar refractivity (Wildman–Crippen MR) is 107 cm³/mol. The van der Waals surface area contributed by atoms with Crippen molar-refractivity contribution < 1.29 is 24.2 Å². The van der Waals surface area contributed by atoms with Gasteiger partial charge in [0.2, 0.25) is 11.8 Å². The molecule has 0 saturated heterocycles. The van der Waals surface area contributed by atoms with Crippen molar-refractivity contribution in [2.45, 2.75) is 26.4 Å². The molecule has 0 spiro atoms. The number of nitrogens with one attached hydrogen (secondary N) is 2. The summed E-state index contributed by atoms with van der Waals surface area (Å²) in [5.41, 5.74) is 2.70. The van der Waals surface area contributed by atoms with E-state index in [4.69, 9.17) is 9.47 Å². The van der Waals surface area contributed by atoms with E-state index in [0.717, 1.165) is 11.1 Å². The maximum Gasteiger partial charge on any atom is 0.233 e. The number of benzene rings is 2. The molecular weight excluding hydrogens is 360 g/mol. The summed E-state index contributed by atoms with van der Waals surface area (Å²) in [6.07, 6.45) is -1.23. The number of methoxy groups -OCH3 is 1. The molecule has 0 radical (unpaired) electrons. The van der Waals surface area contributed by atoms with Crippen molar-refractivity contribution in [1.29, 1.82) is 0 Å². The lowest BCUT2D eigenvalue weighted by atomic mass is 10.1. The van der Waals surface area contributed by atoms with Gasteiger partial charge in [0.25, 0.3) is 0 Å². The summed E-state index contributed by atoms with van der Waals surface area (Å²) in [7, 11) is 1.56. The van der Waals surface area contributed by atoms with Crippen LogP contribution in [0.25, 0.3) is 0 Å². The Hall–Kier alpha value is -3.06. The normalized spacial score (nSPS) is 11.4. The number of aliphatic hydroxyl groups excluding tert-OH is 1. The third-order valence-corrected chi connectivity index (χ3v) is 4.22. The average molecular weight is 386 g/mol. The van der Waals surface area contributed by atoms with E-state index in [2.05, 4.69) is 10.6 Å². The second-order valence-corrected chi connectivity index (χ2v) is 6.42. The minimum Gasteiger partial charge on any atom is -0.497 e. The molecule has 0 aliphatic heterocycles. The second kappa shape index (κ2) is 10.3. The molecule has 0 aromatic heterocycles. The molecule has 2 amide bonds. The van der Waals surface area contributed by atoms with E-state index in [9.17, 15) is 14.7 Å². The fraction of sp³-hybridized carbons (Fsp3) is 0.333. The molecule has 0 aliphatic carbocycles. The lowest BCUT2D eigenvalue weighted by molar-refractivity contribution is -0.127. The number of aliphatic hydroxyl groups is 1. The van der Waals surface area contributed by atoms with Gasteiger partial charge in [-0.3, -0.25) is 9.59 Å². The van der Waals surface area contributed by atoms with Crippen molar-refractivity contribution in [3.05, 3.63) is 53.6 Å². The zero-order chi connectivity index (χ0) is 20.5. The van der Waals surface area contributed by atoms with E-state index in [-0.39, 0.29) is 19.6 Å². The molecule has 2 rings (SSSR count). The standard InChI is InChI=1S/C21H26N2O5/c1-14-6-4-9-19(15(14)2)23-21(26)11-20(25)22-12-16(24)13-28-18-8-5-7-17(10-18)27-3/h4-10,16,24H,11-13H2,1-3H3,(H,22,25)(H,23,26)/t16-/m0/s1. The number of hydrogen-bond donors (Lipinski definition) is 3. The summed E-state index contributed by atoms with van der Waals surface area (Å²) in [5, 5.41) is 15.2. The number of carbonyl (C=O) groups is 2. The number of hydrogen-bond acceptors (Lipinski definition) is 5. The molecule has 1 atom stereocenters. The Labute approximate surface area is 164 Å². The monoisotopic (exact) mass is 386 g/mol. The van der Waals surface area contributed by atoms with Crippen molar-refractivity contribution in [2.24, 2.45) is 0 Å². The highest BCUT2D eigenvalue weighted by Crippen LogP contribution is 2.19. The van der Waals surface area contributed by atoms with Crippen LogP contribution in [0.3, 0.4) is 0 Å². The number of anilines is 1. The molecule has 150 valence electrons. The fourth-order valence-electron chi connectivity index (χ4n) is 2.46. The summed E-state index contributed by atoms with van der Waals surface area (Å²) in [4.78, 5) is 23.9. The first-order valence-corrected chi connectivity index (χ1v) is 8.96. The smallest absolute Gasteiger partial charge is 0.233 e. The van der Waals surface area contributed by atoms with Crippen LogP contribution in [0.1, 0.15) is 17.5 Å². The van der Waals surface area contributed by atoms with Gasteiger partial charge >= 0.3 is 0 Å². The minimum absolute atomic E-state index is 0.00211. The summed E-state index contributed by atoms with van der Waals surface area (Å²) < 4.78 is 10.6. The molecule has 0 saturated carbocycles. The Kier molecular flexibility index (Phi) is 7.83. The molecule has 7 nitrogen and oxygen atoms in total. The van der Waals surface area contributed by atoms with Gasteiger partial charge in [0.15, 0.2) is 0 Å². The molecule has 0 heterocycles. The van der Waals surface area contributed by atoms with Crippen LogP contribution in [-0.2, 0) is 9.59 Å². The maximum absolute atomic E-state index is 12.0. The van der Waals surface area contributed by atoms with Crippen molar-refractivity contribution in [3.8, 4) is 11.5 Å². The predicted octanol–water partition coefficient (Wildman–Crippen LogP) is 2.20. The van der Waals surface area contributed by atoms with Crippen molar-refractivity contribution >= 4 is 17.5 Å². The van der Waals surface area contributed by atoms with Crippen LogP contribution in [0.5, 0.6) is 11.5 Å². The topological polar surface area (TPSA) is 96.9 Å². The number of carbonyl (C=O) groups excluding carboxylic acids is 2. The highest BCUT2D eigenvalue weighted by atomic mass is 16.5. The molecule has 3 N–H and O–H groups in total. The van der Waals surface area contributed by atoms with Gasteiger partial charge in [0.1, 0.15) is 30.6 Å². The van der Waals surface area contributed by atoms with Crippen LogP contribution in [0, 0.1) is 13.8 Å². The molecule has 28 heavy (non-hydrogen) atoms. The van der Waals surface area contributed by atoms with Gasteiger partial charge in [0.05, 0.1) is 7.11 Å². The van der Waals surface area contributed by atoms with Gasteiger partial charge in [-0.15, -0.1) is 0 Å². The van der Waals surface area contributed by atoms with Crippen LogP contribution in [0.15, 0.2) is 42.5 Å². The Balaban J connectivity index is 1.72. The van der Waals surface area contributed by atoms with Gasteiger partial charge in [-0.2, -0.15) is 0 Å². The van der Waals surface area contributed by atoms with Crippen LogP contribution in [0.2, 0.25) is 0 Å². The third kappa shape index (κ3) is 6.59. The first-order chi connectivity index (χ1) is 13.4. The molecular formula is C21H26N2O5. The third-order valence-electron chi connectivity index (χ3n) is 4.22. The summed E-state index contributed by atoms with van der Waals surface area (Å²) >= 11 is 0. The molecule has 0 aliphatic rings. The Morgan fingerprint density at radius 3 is 2.54 bits per heavy atom. The fourth-order valence-corrected chi connectivity index (χ4v) is 2.46. The number of rotatable bonds is 9. The number of amides is 2. The minimum atomic E-state index is -0.905. The summed E-state index contributed by atoms with van der Waals surface area (Å²) in [5.74, 6) is 0.323. The van der Waals surface area contributed by atoms with Gasteiger partial charge in [-0.25, -0.2) is 0 Å². The maximum atomic E-state index is 12.0. The highest BCUT2D eigenvalue weighted by molar-refractivity contribution is 6.03. The van der Waals surface area contributed by atoms with E-state index >= 15 is 0 Å². The Bertz CT molecular complexity index is 822. The van der Waals surface area contributed by atoms with E-state index in [0.29, 0.717) is 17.2 Å². The lowest BCUT2D eigenvalue weighted by Gasteiger charge is -2.14. The van der Waals surface area contributed by atoms with Gasteiger partial charge in [-0.05, 0) is 43.2 Å². The summed E-state index contributed by atoms with van der Waals surface area (Å²) in [6, 6.07) is 12.6. The molecule has 2 aromatic rings. The van der Waals surface area contributed by atoms with E-state index in [1.807, 2.05) is 26.0 Å². The zero-order valence-corrected chi connectivity index (χ0v) is 16.3. The van der Waals surface area contributed by atoms with Crippen LogP contribution < -0.4 is 20.1 Å². The highest BCUT2D eigenvalue weighted by Gasteiger charge is 2.13. The largest absolute Gasteiger partial charge is 0.497 e. The van der Waals surface area contributed by atoms with Crippen molar-refractivity contribution in [3.63, 3.8) is 0 Å². The van der Waals surface area contributed by atoms with E-state index in [1.165, 1.54) is 0 Å². The second-order valence-electron chi connectivity index (χ2n) is 6.42. The summed E-state index contributed by atoms with van der Waals surface area (Å²) in [6.45, 7) is 3.85. The van der Waals surface area contributed by atoms with Crippen LogP contribution in [-0.4, -0.2) is 43.3 Å². The zero-order valence-electron chi connectivity index (χ0n) is 16.3. The van der Waals surface area contributed by atoms with Gasteiger partial charge in [0, 0.05) is 18.3 Å². The average Bonchev–Trinajstić information content (AvgIpc) is 2.68. The molecule has 7 heteroatoms. The Morgan fingerprint density at radius 2 is 1.79 bits per heavy atom. The number of aryl methyl sites for hydroxylation is 1. The molecule has 0 fully saturated rings. The van der Waals surface area contributed by atoms with Crippen molar-refractivity contribution in [1.82, 2.24) is 5.32 Å². The van der Waals surface area contributed by atoms with Crippen molar-refractivity contribution in [2.75, 3.05) is 25.6 Å². The molecule has 0 unspecified atom stereocenters. The molecule has 2 aromatic carbocycles. The Morgan fingerprint density at radius 1 is 1.07 bits per heavy atom. The SMILES string of the molecule is COc1cccc(OC[C@@H](O)CNC(=O)CC(=O)Nc2cccc(C)c2C)c1. The quantitative estimate of drug-likeness (QED) is 0.574. The van der Waals surface area contributed by atoms with Crippen LogP contribution >= 0.6 is 0 Å². The van der Waals surface area contributed by atoms with Crippen LogP contribution in [0.4, 0.5) is 5.69 Å². The van der Waals surface area contributed by atoms with Gasteiger partial charge < -0.3 is 25.2 Å². The first kappa shape index (κ1) is 21.2. The first-order valence-electron chi connectivity index (χ1n) is 8.96. The number of ether oxygens (including phenoxy) is 2. The molecule has 0 bridgehead atoms. The lowest BCUT2D eigenvalue weighted by Crippen LogP contribution is -2.36. The van der Waals surface area contributed by atoms with Gasteiger partial charge in [-0.1, -0.05) is 18.2 Å². The van der Waals surface area contributed by atoms with E-state index in [1.54, 1.807) is 37.4 Å².